The highest BCUT2D eigenvalue weighted by Crippen LogP contribution is 2.28. The van der Waals surface area contributed by atoms with Gasteiger partial charge in [-0.2, -0.15) is 0 Å². The average Bonchev–Trinajstić information content (AvgIpc) is 2.65. The molecule has 1 N–H and O–H groups in total. The molecule has 0 aliphatic rings. The highest BCUT2D eigenvalue weighted by Gasteiger charge is 2.21. The van der Waals surface area contributed by atoms with Gasteiger partial charge in [-0.3, -0.25) is 0 Å². The Kier molecular flexibility index (Phi) is 4.88. The molecule has 0 spiro atoms. The summed E-state index contributed by atoms with van der Waals surface area (Å²) >= 11 is 4.65. The SMILES string of the molecule is CNC(Cc1nc(C)c(C)s1)c1c(F)cc(Br)cc1F. The van der Waals surface area contributed by atoms with Gasteiger partial charge in [0, 0.05) is 27.4 Å². The van der Waals surface area contributed by atoms with Crippen molar-refractivity contribution in [2.45, 2.75) is 26.3 Å². The predicted molar refractivity (Wildman–Crippen MR) is 81.2 cm³/mol. The number of aryl methyl sites for hydroxylation is 2. The molecule has 20 heavy (non-hydrogen) atoms. The van der Waals surface area contributed by atoms with Gasteiger partial charge >= 0.3 is 0 Å². The van der Waals surface area contributed by atoms with E-state index in [0.717, 1.165) is 15.6 Å². The molecule has 0 aliphatic carbocycles. The maximum Gasteiger partial charge on any atom is 0.132 e. The van der Waals surface area contributed by atoms with Crippen LogP contribution in [0, 0.1) is 25.5 Å². The third-order valence-corrected chi connectivity index (χ3v) is 4.75. The first kappa shape index (κ1) is 15.5. The van der Waals surface area contributed by atoms with Crippen LogP contribution in [0.15, 0.2) is 16.6 Å². The minimum Gasteiger partial charge on any atom is -0.312 e. The lowest BCUT2D eigenvalue weighted by molar-refractivity contribution is 0.488. The van der Waals surface area contributed by atoms with Gasteiger partial charge in [0.05, 0.1) is 10.7 Å². The van der Waals surface area contributed by atoms with Gasteiger partial charge in [-0.1, -0.05) is 15.9 Å². The molecule has 1 aromatic heterocycles. The molecule has 2 nitrogen and oxygen atoms in total. The molecule has 0 fully saturated rings. The number of likely N-dealkylation sites (N-methyl/N-ethyl adjacent to an activating group) is 1. The molecule has 0 radical (unpaired) electrons. The molecular weight excluding hydrogens is 346 g/mol. The van der Waals surface area contributed by atoms with Gasteiger partial charge in [0.15, 0.2) is 0 Å². The van der Waals surface area contributed by atoms with Crippen LogP contribution in [0.25, 0.3) is 0 Å². The Balaban J connectivity index is 2.33. The summed E-state index contributed by atoms with van der Waals surface area (Å²) in [6.07, 6.45) is 0.464. The van der Waals surface area contributed by atoms with Crippen molar-refractivity contribution in [1.82, 2.24) is 10.3 Å². The Labute approximate surface area is 129 Å². The van der Waals surface area contributed by atoms with Gasteiger partial charge in [-0.15, -0.1) is 11.3 Å². The number of aromatic nitrogens is 1. The second-order valence-corrected chi connectivity index (χ2v) is 6.78. The van der Waals surface area contributed by atoms with Crippen molar-refractivity contribution in [1.29, 1.82) is 0 Å². The molecule has 1 unspecified atom stereocenters. The number of thiazole rings is 1. The topological polar surface area (TPSA) is 24.9 Å². The van der Waals surface area contributed by atoms with Crippen molar-refractivity contribution in [3.8, 4) is 0 Å². The van der Waals surface area contributed by atoms with Crippen LogP contribution in [-0.2, 0) is 6.42 Å². The highest BCUT2D eigenvalue weighted by molar-refractivity contribution is 9.10. The van der Waals surface area contributed by atoms with E-state index in [9.17, 15) is 8.78 Å². The van der Waals surface area contributed by atoms with E-state index >= 15 is 0 Å². The third-order valence-electron chi connectivity index (χ3n) is 3.19. The number of hydrogen-bond donors (Lipinski definition) is 1. The Morgan fingerprint density at radius 2 is 1.90 bits per heavy atom. The maximum atomic E-state index is 14.0. The number of rotatable bonds is 4. The van der Waals surface area contributed by atoms with E-state index in [1.807, 2.05) is 13.8 Å². The fourth-order valence-electron chi connectivity index (χ4n) is 2.04. The minimum atomic E-state index is -0.554. The van der Waals surface area contributed by atoms with Gasteiger partial charge in [0.1, 0.15) is 11.6 Å². The van der Waals surface area contributed by atoms with E-state index in [2.05, 4.69) is 26.2 Å². The molecular formula is C14H15BrF2N2S. The van der Waals surface area contributed by atoms with Gasteiger partial charge < -0.3 is 5.32 Å². The van der Waals surface area contributed by atoms with Gasteiger partial charge in [-0.25, -0.2) is 13.8 Å². The first-order valence-corrected chi connectivity index (χ1v) is 7.78. The minimum absolute atomic E-state index is 0.0567. The van der Waals surface area contributed by atoms with E-state index in [1.54, 1.807) is 18.4 Å². The number of benzene rings is 1. The lowest BCUT2D eigenvalue weighted by Crippen LogP contribution is -2.21. The van der Waals surface area contributed by atoms with Gasteiger partial charge in [-0.05, 0) is 33.0 Å². The summed E-state index contributed by atoms with van der Waals surface area (Å²) in [7, 11) is 1.69. The molecule has 0 amide bonds. The first-order chi connectivity index (χ1) is 9.42. The largest absolute Gasteiger partial charge is 0.312 e. The Morgan fingerprint density at radius 3 is 2.35 bits per heavy atom. The molecule has 0 aliphatic heterocycles. The average molecular weight is 361 g/mol. The second kappa shape index (κ2) is 6.28. The molecule has 2 aromatic rings. The lowest BCUT2D eigenvalue weighted by Gasteiger charge is -2.17. The van der Waals surface area contributed by atoms with E-state index in [-0.39, 0.29) is 5.56 Å². The summed E-state index contributed by atoms with van der Waals surface area (Å²) in [6, 6.07) is 2.12. The van der Waals surface area contributed by atoms with Crippen molar-refractivity contribution in [2.24, 2.45) is 0 Å². The van der Waals surface area contributed by atoms with Crippen molar-refractivity contribution in [2.75, 3.05) is 7.05 Å². The van der Waals surface area contributed by atoms with E-state index in [4.69, 9.17) is 0 Å². The predicted octanol–water partition coefficient (Wildman–Crippen LogP) is 4.30. The number of nitrogens with one attached hydrogen (secondary N) is 1. The van der Waals surface area contributed by atoms with E-state index in [1.165, 1.54) is 12.1 Å². The summed E-state index contributed by atoms with van der Waals surface area (Å²) in [5.41, 5.74) is 1.03. The van der Waals surface area contributed by atoms with Crippen LogP contribution in [0.2, 0.25) is 0 Å². The summed E-state index contributed by atoms with van der Waals surface area (Å²) in [5, 5.41) is 3.84. The molecule has 2 rings (SSSR count). The lowest BCUT2D eigenvalue weighted by atomic mass is 10.0. The number of halogens is 3. The Morgan fingerprint density at radius 1 is 1.30 bits per heavy atom. The molecule has 0 saturated carbocycles. The van der Waals surface area contributed by atoms with Crippen LogP contribution < -0.4 is 5.32 Å². The fraction of sp³-hybridized carbons (Fsp3) is 0.357. The molecule has 6 heteroatoms. The third kappa shape index (κ3) is 3.24. The smallest absolute Gasteiger partial charge is 0.132 e. The van der Waals surface area contributed by atoms with Crippen molar-refractivity contribution < 1.29 is 8.78 Å². The molecule has 108 valence electrons. The summed E-state index contributed by atoms with van der Waals surface area (Å²) in [5.74, 6) is -1.11. The standard InChI is InChI=1S/C14H15BrF2N2S/c1-7-8(2)20-13(19-7)6-12(18-3)14-10(16)4-9(15)5-11(14)17/h4-5,12,18H,6H2,1-3H3. The van der Waals surface area contributed by atoms with Crippen molar-refractivity contribution in [3.63, 3.8) is 0 Å². The Hall–Kier alpha value is -0.850. The number of hydrogen-bond acceptors (Lipinski definition) is 3. The Bertz CT molecular complexity index is 585. The van der Waals surface area contributed by atoms with Crippen LogP contribution >= 0.6 is 27.3 Å². The molecule has 1 atom stereocenters. The van der Waals surface area contributed by atoms with Crippen LogP contribution in [0.3, 0.4) is 0 Å². The second-order valence-electron chi connectivity index (χ2n) is 4.58. The molecule has 1 heterocycles. The van der Waals surface area contributed by atoms with Gasteiger partial charge in [0.2, 0.25) is 0 Å². The summed E-state index contributed by atoms with van der Waals surface area (Å²) in [6.45, 7) is 3.93. The van der Waals surface area contributed by atoms with Crippen molar-refractivity contribution in [3.05, 3.63) is 49.4 Å². The zero-order valence-corrected chi connectivity index (χ0v) is 13.8. The summed E-state index contributed by atoms with van der Waals surface area (Å²) in [4.78, 5) is 5.56. The zero-order chi connectivity index (χ0) is 14.9. The molecule has 0 bridgehead atoms. The quantitative estimate of drug-likeness (QED) is 0.878. The highest BCUT2D eigenvalue weighted by atomic mass is 79.9. The van der Waals surface area contributed by atoms with E-state index in [0.29, 0.717) is 10.9 Å². The molecule has 1 aromatic carbocycles. The molecule has 0 saturated heterocycles. The van der Waals surface area contributed by atoms with E-state index < -0.39 is 17.7 Å². The van der Waals surface area contributed by atoms with Crippen molar-refractivity contribution >= 4 is 27.3 Å². The zero-order valence-electron chi connectivity index (χ0n) is 11.4. The van der Waals surface area contributed by atoms with Crippen LogP contribution in [0.5, 0.6) is 0 Å². The van der Waals surface area contributed by atoms with Crippen LogP contribution in [0.4, 0.5) is 8.78 Å². The van der Waals surface area contributed by atoms with Crippen LogP contribution in [0.1, 0.15) is 27.2 Å². The van der Waals surface area contributed by atoms with Gasteiger partial charge in [0.25, 0.3) is 0 Å². The maximum absolute atomic E-state index is 14.0. The summed E-state index contributed by atoms with van der Waals surface area (Å²) < 4.78 is 28.4. The fourth-order valence-corrected chi connectivity index (χ4v) is 3.42. The number of nitrogens with zero attached hydrogens (tertiary/aromatic N) is 1. The normalized spacial score (nSPS) is 12.7. The monoisotopic (exact) mass is 360 g/mol. The van der Waals surface area contributed by atoms with Crippen LogP contribution in [-0.4, -0.2) is 12.0 Å². The first-order valence-electron chi connectivity index (χ1n) is 6.17.